The molecule has 0 spiro atoms. The molecule has 6 heteroatoms. The predicted molar refractivity (Wildman–Crippen MR) is 101 cm³/mol. The first-order valence-electron chi connectivity index (χ1n) is 10.0. The summed E-state index contributed by atoms with van der Waals surface area (Å²) in [6.45, 7) is 0. The monoisotopic (exact) mass is 459 g/mol. The van der Waals surface area contributed by atoms with Crippen molar-refractivity contribution in [1.29, 1.82) is 0 Å². The van der Waals surface area contributed by atoms with Gasteiger partial charge in [-0.15, -0.1) is 0 Å². The van der Waals surface area contributed by atoms with Gasteiger partial charge in [0, 0.05) is 24.0 Å². The molecule has 2 bridgehead atoms. The molecule has 3 heterocycles. The number of halogens is 2. The Morgan fingerprint density at radius 1 is 1.00 bits per heavy atom. The number of piperidine rings is 1. The fraction of sp³-hybridized carbons (Fsp3) is 0.435. The van der Waals surface area contributed by atoms with Crippen molar-refractivity contribution < 1.29 is 40.1 Å². The number of epoxide rings is 1. The molecule has 2 aromatic rings. The number of fused-ring (bicyclic) bond motifs is 8. The lowest BCUT2D eigenvalue weighted by Gasteiger charge is -2.45. The molecule has 0 saturated carbocycles. The minimum atomic E-state index is -2.24. The largest absolute Gasteiger partial charge is 1.00 e. The minimum Gasteiger partial charge on any atom is -1.00 e. The number of alkyl halides is 1. The van der Waals surface area contributed by atoms with Crippen molar-refractivity contribution in [2.45, 2.75) is 48.9 Å². The smallest absolute Gasteiger partial charge is 0.353 e. The van der Waals surface area contributed by atoms with E-state index in [0.717, 1.165) is 28.5 Å². The van der Waals surface area contributed by atoms with Gasteiger partial charge >= 0.3 is 5.97 Å². The van der Waals surface area contributed by atoms with Gasteiger partial charge in [0.25, 0.3) is 5.67 Å². The molecule has 2 aromatic carbocycles. The van der Waals surface area contributed by atoms with Crippen LogP contribution in [0.25, 0.3) is 11.1 Å². The van der Waals surface area contributed by atoms with E-state index in [0.29, 0.717) is 23.2 Å². The van der Waals surface area contributed by atoms with Crippen molar-refractivity contribution in [3.05, 3.63) is 59.7 Å². The Kier molecular flexibility index (Phi) is 4.06. The van der Waals surface area contributed by atoms with Crippen molar-refractivity contribution in [1.82, 2.24) is 0 Å². The number of rotatable bonds is 2. The number of esters is 1. The third-order valence-corrected chi connectivity index (χ3v) is 7.48. The Bertz CT molecular complexity index is 944. The Labute approximate surface area is 180 Å². The minimum absolute atomic E-state index is 0. The van der Waals surface area contributed by atoms with Gasteiger partial charge < -0.3 is 30.9 Å². The molecule has 3 aliphatic heterocycles. The van der Waals surface area contributed by atoms with Crippen LogP contribution in [0.2, 0.25) is 0 Å². The van der Waals surface area contributed by atoms with E-state index in [9.17, 15) is 4.79 Å². The molecule has 0 N–H and O–H groups in total. The first-order chi connectivity index (χ1) is 13.4. The first kappa shape index (κ1) is 19.2. The van der Waals surface area contributed by atoms with Crippen LogP contribution in [-0.4, -0.2) is 54.9 Å². The average Bonchev–Trinajstić information content (AvgIpc) is 3.40. The van der Waals surface area contributed by atoms with Gasteiger partial charge in [-0.3, -0.25) is 0 Å². The van der Waals surface area contributed by atoms with Crippen LogP contribution in [0.1, 0.15) is 24.0 Å². The fourth-order valence-corrected chi connectivity index (χ4v) is 5.94. The molecular formula is C23H23BrFNO3. The summed E-state index contributed by atoms with van der Waals surface area (Å²) in [6, 6.07) is 15.1. The zero-order valence-corrected chi connectivity index (χ0v) is 17.9. The van der Waals surface area contributed by atoms with Crippen LogP contribution in [0.5, 0.6) is 0 Å². The Morgan fingerprint density at radius 2 is 1.48 bits per heavy atom. The summed E-state index contributed by atoms with van der Waals surface area (Å²) in [5, 5.41) is 0. The summed E-state index contributed by atoms with van der Waals surface area (Å²) in [5.41, 5.74) is 0.0833. The number of hydrogen-bond acceptors (Lipinski definition) is 3. The summed E-state index contributed by atoms with van der Waals surface area (Å²) < 4.78 is 29.0. The number of hydrogen-bond donors (Lipinski definition) is 0. The molecule has 0 amide bonds. The number of likely N-dealkylation sites (N-methyl/N-ethyl adjacent to an activating group) is 1. The van der Waals surface area contributed by atoms with Gasteiger partial charge in [0.15, 0.2) is 0 Å². The van der Waals surface area contributed by atoms with Gasteiger partial charge in [-0.25, -0.2) is 9.18 Å². The van der Waals surface area contributed by atoms with E-state index in [-0.39, 0.29) is 35.3 Å². The standard InChI is InChI=1S/C23H23FNO3.BrH/c1-25(2)18-11-13(12-19(25)21-20(18)28-21)27-22(26)23(24)16-9-5-3-7-14(16)15-8-4-6-10-17(15)23;/h3-10,13,18-21H,11-12H2,1-2H3;1H/q+1;/p-1/t13?,18?,19?,20-,21?;/m1./s1. The van der Waals surface area contributed by atoms with Crippen LogP contribution in [0.15, 0.2) is 48.5 Å². The molecule has 3 fully saturated rings. The molecule has 4 nitrogen and oxygen atoms in total. The lowest BCUT2D eigenvalue weighted by atomic mass is 9.92. The van der Waals surface area contributed by atoms with Gasteiger partial charge in [0.2, 0.25) is 0 Å². The van der Waals surface area contributed by atoms with E-state index >= 15 is 4.39 Å². The Hall–Kier alpha value is -1.76. The first-order valence-corrected chi connectivity index (χ1v) is 10.0. The molecule has 0 aromatic heterocycles. The van der Waals surface area contributed by atoms with E-state index in [1.165, 1.54) is 0 Å². The molecule has 3 saturated heterocycles. The third-order valence-electron chi connectivity index (χ3n) is 7.48. The highest BCUT2D eigenvalue weighted by atomic mass is 79.9. The molecule has 29 heavy (non-hydrogen) atoms. The number of ether oxygens (including phenoxy) is 2. The van der Waals surface area contributed by atoms with Crippen LogP contribution in [0, 0.1) is 0 Å². The number of benzene rings is 2. The van der Waals surface area contributed by atoms with Gasteiger partial charge in [0.1, 0.15) is 30.4 Å². The normalized spacial score (nSPS) is 33.7. The predicted octanol–water partition coefficient (Wildman–Crippen LogP) is 0.184. The highest BCUT2D eigenvalue weighted by Crippen LogP contribution is 2.53. The van der Waals surface area contributed by atoms with Gasteiger partial charge in [-0.1, -0.05) is 48.5 Å². The Balaban J connectivity index is 0.00000181. The van der Waals surface area contributed by atoms with E-state index in [1.54, 1.807) is 24.3 Å². The molecule has 152 valence electrons. The van der Waals surface area contributed by atoms with Crippen LogP contribution >= 0.6 is 0 Å². The van der Waals surface area contributed by atoms with E-state index in [2.05, 4.69) is 14.1 Å². The van der Waals surface area contributed by atoms with Crippen LogP contribution < -0.4 is 17.0 Å². The number of carbonyl (C=O) groups is 1. The Morgan fingerprint density at radius 3 is 2.00 bits per heavy atom. The molecule has 0 radical (unpaired) electrons. The maximum absolute atomic E-state index is 16.4. The third kappa shape index (κ3) is 2.39. The molecular weight excluding hydrogens is 437 g/mol. The van der Waals surface area contributed by atoms with Crippen molar-refractivity contribution >= 4 is 5.97 Å². The number of morpholine rings is 1. The topological polar surface area (TPSA) is 38.8 Å². The van der Waals surface area contributed by atoms with Gasteiger partial charge in [0.05, 0.1) is 14.1 Å². The summed E-state index contributed by atoms with van der Waals surface area (Å²) in [5.74, 6) is -0.781. The second-order valence-corrected chi connectivity index (χ2v) is 9.08. The van der Waals surface area contributed by atoms with Crippen molar-refractivity contribution in [2.24, 2.45) is 0 Å². The molecule has 5 atom stereocenters. The zero-order chi connectivity index (χ0) is 19.3. The molecule has 4 aliphatic rings. The molecule has 4 unspecified atom stereocenters. The van der Waals surface area contributed by atoms with Crippen LogP contribution in [-0.2, 0) is 19.9 Å². The van der Waals surface area contributed by atoms with Crippen molar-refractivity contribution in [3.8, 4) is 11.1 Å². The summed E-state index contributed by atoms with van der Waals surface area (Å²) >= 11 is 0. The summed E-state index contributed by atoms with van der Waals surface area (Å²) in [7, 11) is 4.45. The fourth-order valence-electron chi connectivity index (χ4n) is 5.94. The maximum Gasteiger partial charge on any atom is 0.353 e. The highest BCUT2D eigenvalue weighted by Gasteiger charge is 2.71. The lowest BCUT2D eigenvalue weighted by molar-refractivity contribution is -0.938. The number of nitrogens with zero attached hydrogens (tertiary/aromatic N) is 1. The lowest BCUT2D eigenvalue weighted by Crippen LogP contribution is -3.00. The quantitative estimate of drug-likeness (QED) is 0.365. The second kappa shape index (κ2) is 6.13. The SMILES string of the molecule is C[N+]1(C)C2CC(OC(=O)C3(F)c4ccccc4-c4ccccc43)CC1[C@H]1OC21.[Br-]. The number of carbonyl (C=O) groups excluding carboxylic acids is 1. The van der Waals surface area contributed by atoms with Crippen LogP contribution in [0.4, 0.5) is 4.39 Å². The average molecular weight is 460 g/mol. The summed E-state index contributed by atoms with van der Waals surface area (Å²) in [4.78, 5) is 13.2. The van der Waals surface area contributed by atoms with Gasteiger partial charge in [-0.05, 0) is 11.1 Å². The molecule has 6 rings (SSSR count). The van der Waals surface area contributed by atoms with E-state index in [1.807, 2.05) is 24.3 Å². The van der Waals surface area contributed by atoms with Crippen molar-refractivity contribution in [3.63, 3.8) is 0 Å². The summed E-state index contributed by atoms with van der Waals surface area (Å²) in [6.07, 6.45) is 1.76. The second-order valence-electron chi connectivity index (χ2n) is 9.08. The van der Waals surface area contributed by atoms with Crippen LogP contribution in [0.3, 0.4) is 0 Å². The van der Waals surface area contributed by atoms with Crippen molar-refractivity contribution in [2.75, 3.05) is 14.1 Å². The molecule has 1 aliphatic carbocycles. The van der Waals surface area contributed by atoms with Gasteiger partial charge in [-0.2, -0.15) is 0 Å². The zero-order valence-electron chi connectivity index (χ0n) is 16.3. The number of quaternary nitrogens is 1. The highest BCUT2D eigenvalue weighted by molar-refractivity contribution is 5.96. The van der Waals surface area contributed by atoms with E-state index < -0.39 is 11.6 Å². The maximum atomic E-state index is 16.4. The van der Waals surface area contributed by atoms with E-state index in [4.69, 9.17) is 9.47 Å².